The average Bonchev–Trinajstić information content (AvgIpc) is 3.53. The average molecular weight is 425 g/mol. The number of benzene rings is 1. The van der Waals surface area contributed by atoms with Crippen molar-refractivity contribution in [1.29, 1.82) is 0 Å². The molecule has 9 nitrogen and oxygen atoms in total. The predicted molar refractivity (Wildman–Crippen MR) is 110 cm³/mol. The minimum Gasteiger partial charge on any atom is -0.497 e. The van der Waals surface area contributed by atoms with Crippen LogP contribution in [-0.2, 0) is 22.7 Å². The lowest BCUT2D eigenvalue weighted by molar-refractivity contribution is -0.126. The third-order valence-corrected chi connectivity index (χ3v) is 6.36. The Labute approximate surface area is 180 Å². The molecule has 1 saturated carbocycles. The topological polar surface area (TPSA) is 98.6 Å². The van der Waals surface area contributed by atoms with E-state index in [9.17, 15) is 9.59 Å². The number of nitrogens with zero attached hydrogens (tertiary/aromatic N) is 4. The second-order valence-corrected chi connectivity index (χ2v) is 8.49. The number of aromatic nitrogens is 3. The van der Waals surface area contributed by atoms with Gasteiger partial charge in [0.15, 0.2) is 5.69 Å². The van der Waals surface area contributed by atoms with Crippen molar-refractivity contribution >= 4 is 11.8 Å². The van der Waals surface area contributed by atoms with Crippen molar-refractivity contribution in [3.05, 3.63) is 41.2 Å². The number of ether oxygens (including phenoxy) is 2. The number of nitrogens with one attached hydrogen (secondary N) is 1. The lowest BCUT2D eigenvalue weighted by Crippen LogP contribution is -2.43. The van der Waals surface area contributed by atoms with Crippen LogP contribution >= 0.6 is 0 Å². The van der Waals surface area contributed by atoms with Gasteiger partial charge in [0.1, 0.15) is 11.9 Å². The Kier molecular flexibility index (Phi) is 5.35. The van der Waals surface area contributed by atoms with E-state index < -0.39 is 0 Å². The lowest BCUT2D eigenvalue weighted by atomic mass is 9.95. The van der Waals surface area contributed by atoms with E-state index in [1.54, 1.807) is 16.7 Å². The van der Waals surface area contributed by atoms with E-state index in [1.165, 1.54) is 0 Å². The molecule has 1 N–H and O–H groups in total. The van der Waals surface area contributed by atoms with Crippen LogP contribution in [0, 0.1) is 5.92 Å². The van der Waals surface area contributed by atoms with Gasteiger partial charge in [-0.2, -0.15) is 0 Å². The van der Waals surface area contributed by atoms with Crippen LogP contribution in [-0.4, -0.2) is 57.9 Å². The van der Waals surface area contributed by atoms with Crippen LogP contribution in [0.2, 0.25) is 0 Å². The summed E-state index contributed by atoms with van der Waals surface area (Å²) in [4.78, 5) is 27.1. The van der Waals surface area contributed by atoms with Crippen LogP contribution in [0.4, 0.5) is 0 Å². The Bertz CT molecular complexity index is 961. The van der Waals surface area contributed by atoms with Gasteiger partial charge in [0.2, 0.25) is 5.91 Å². The quantitative estimate of drug-likeness (QED) is 0.783. The molecule has 2 fully saturated rings. The highest BCUT2D eigenvalue weighted by molar-refractivity contribution is 5.93. The Morgan fingerprint density at radius 3 is 2.55 bits per heavy atom. The Morgan fingerprint density at radius 1 is 1.13 bits per heavy atom. The zero-order valence-corrected chi connectivity index (χ0v) is 17.6. The molecule has 2 aliphatic heterocycles. The summed E-state index contributed by atoms with van der Waals surface area (Å²) in [5.41, 5.74) is 2.10. The third-order valence-electron chi connectivity index (χ3n) is 6.36. The summed E-state index contributed by atoms with van der Waals surface area (Å²) in [6, 6.07) is 8.12. The van der Waals surface area contributed by atoms with E-state index >= 15 is 0 Å². The molecular weight excluding hydrogens is 398 g/mol. The number of fused-ring (bicyclic) bond motifs is 1. The first-order valence-corrected chi connectivity index (χ1v) is 10.9. The van der Waals surface area contributed by atoms with Gasteiger partial charge < -0.3 is 19.7 Å². The Balaban J connectivity index is 1.21. The van der Waals surface area contributed by atoms with E-state index in [-0.39, 0.29) is 30.4 Å². The fourth-order valence-electron chi connectivity index (χ4n) is 4.24. The summed E-state index contributed by atoms with van der Waals surface area (Å²) in [6.07, 6.45) is 3.39. The van der Waals surface area contributed by atoms with Gasteiger partial charge in [-0.1, -0.05) is 17.3 Å². The van der Waals surface area contributed by atoms with Crippen LogP contribution in [0.1, 0.15) is 53.5 Å². The van der Waals surface area contributed by atoms with E-state index in [1.807, 2.05) is 24.3 Å². The summed E-state index contributed by atoms with van der Waals surface area (Å²) in [5, 5.41) is 11.5. The van der Waals surface area contributed by atoms with Gasteiger partial charge in [-0.25, -0.2) is 4.68 Å². The summed E-state index contributed by atoms with van der Waals surface area (Å²) >= 11 is 0. The molecule has 1 aromatic heterocycles. The number of rotatable bonds is 5. The van der Waals surface area contributed by atoms with E-state index in [0.29, 0.717) is 49.9 Å². The first-order valence-electron chi connectivity index (χ1n) is 10.9. The second-order valence-electron chi connectivity index (χ2n) is 8.49. The number of methoxy groups -OCH3 is 1. The van der Waals surface area contributed by atoms with Gasteiger partial charge >= 0.3 is 0 Å². The predicted octanol–water partition coefficient (Wildman–Crippen LogP) is 1.69. The molecular formula is C22H27N5O4. The molecule has 1 aromatic carbocycles. The van der Waals surface area contributed by atoms with Crippen molar-refractivity contribution in [2.24, 2.45) is 5.92 Å². The van der Waals surface area contributed by atoms with Gasteiger partial charge in [0.25, 0.3) is 5.91 Å². The normalized spacial score (nSPS) is 21.5. The van der Waals surface area contributed by atoms with Gasteiger partial charge in [-0.05, 0) is 43.4 Å². The van der Waals surface area contributed by atoms with Crippen LogP contribution < -0.4 is 10.1 Å². The van der Waals surface area contributed by atoms with Crippen molar-refractivity contribution in [1.82, 2.24) is 25.2 Å². The molecule has 2 amide bonds. The van der Waals surface area contributed by atoms with Crippen molar-refractivity contribution in [2.45, 2.75) is 51.0 Å². The molecule has 1 atom stereocenters. The van der Waals surface area contributed by atoms with Crippen LogP contribution in [0.5, 0.6) is 5.75 Å². The number of carbonyl (C=O) groups excluding carboxylic acids is 2. The van der Waals surface area contributed by atoms with Crippen molar-refractivity contribution < 1.29 is 19.1 Å². The molecule has 9 heteroatoms. The minimum absolute atomic E-state index is 0.00715. The molecule has 3 aliphatic rings. The van der Waals surface area contributed by atoms with E-state index in [4.69, 9.17) is 9.47 Å². The molecule has 164 valence electrons. The molecule has 0 spiro atoms. The van der Waals surface area contributed by atoms with Gasteiger partial charge in [0, 0.05) is 25.0 Å². The lowest BCUT2D eigenvalue weighted by Gasteiger charge is -2.31. The van der Waals surface area contributed by atoms with Crippen LogP contribution in [0.25, 0.3) is 0 Å². The number of likely N-dealkylation sites (tertiary alicyclic amines) is 1. The number of piperidine rings is 1. The third kappa shape index (κ3) is 4.14. The Morgan fingerprint density at radius 2 is 1.87 bits per heavy atom. The molecule has 5 rings (SSSR count). The highest BCUT2D eigenvalue weighted by Crippen LogP contribution is 2.29. The molecule has 0 radical (unpaired) electrons. The maximum Gasteiger partial charge on any atom is 0.276 e. The molecule has 1 saturated heterocycles. The largest absolute Gasteiger partial charge is 0.497 e. The molecule has 2 aromatic rings. The first kappa shape index (κ1) is 20.0. The molecule has 0 unspecified atom stereocenters. The summed E-state index contributed by atoms with van der Waals surface area (Å²) in [6.45, 7) is 1.91. The minimum atomic E-state index is -0.149. The molecule has 1 aliphatic carbocycles. The van der Waals surface area contributed by atoms with Gasteiger partial charge in [0.05, 0.1) is 26.0 Å². The summed E-state index contributed by atoms with van der Waals surface area (Å²) in [7, 11) is 1.64. The zero-order chi connectivity index (χ0) is 21.4. The summed E-state index contributed by atoms with van der Waals surface area (Å²) in [5.74, 6) is 0.789. The van der Waals surface area contributed by atoms with Gasteiger partial charge in [-0.3, -0.25) is 9.59 Å². The van der Waals surface area contributed by atoms with E-state index in [2.05, 4.69) is 15.6 Å². The van der Waals surface area contributed by atoms with Crippen molar-refractivity contribution in [3.63, 3.8) is 0 Å². The maximum atomic E-state index is 13.1. The SMILES string of the molecule is COc1ccc([C@@H]2Cn3nnc(C(=O)N4CCC(C(=O)NC5CC5)CC4)c3CO2)cc1. The number of hydrogen-bond acceptors (Lipinski definition) is 6. The molecule has 31 heavy (non-hydrogen) atoms. The smallest absolute Gasteiger partial charge is 0.276 e. The van der Waals surface area contributed by atoms with Crippen molar-refractivity contribution in [2.75, 3.05) is 20.2 Å². The Hall–Kier alpha value is -2.94. The van der Waals surface area contributed by atoms with Crippen molar-refractivity contribution in [3.8, 4) is 5.75 Å². The highest BCUT2D eigenvalue weighted by atomic mass is 16.5. The molecule has 0 bridgehead atoms. The standard InChI is InChI=1S/C22H27N5O4/c1-30-17-6-2-14(3-7-17)19-12-27-18(13-31-19)20(24-25-27)22(29)26-10-8-15(9-11-26)21(28)23-16-4-5-16/h2-3,6-7,15-16,19H,4-5,8-13H2,1H3,(H,23,28)/t19-/m0/s1. The maximum absolute atomic E-state index is 13.1. The zero-order valence-electron chi connectivity index (χ0n) is 17.6. The van der Waals surface area contributed by atoms with E-state index in [0.717, 1.165) is 24.2 Å². The monoisotopic (exact) mass is 425 g/mol. The number of carbonyl (C=O) groups is 2. The summed E-state index contributed by atoms with van der Waals surface area (Å²) < 4.78 is 13.0. The number of amides is 2. The fraction of sp³-hybridized carbons (Fsp3) is 0.545. The molecule has 3 heterocycles. The van der Waals surface area contributed by atoms with Crippen LogP contribution in [0.15, 0.2) is 24.3 Å². The van der Waals surface area contributed by atoms with Gasteiger partial charge in [-0.15, -0.1) is 5.10 Å². The number of hydrogen-bond donors (Lipinski definition) is 1. The fourth-order valence-corrected chi connectivity index (χ4v) is 4.24. The highest BCUT2D eigenvalue weighted by Gasteiger charge is 2.34. The second kappa shape index (κ2) is 8.30. The first-order chi connectivity index (χ1) is 15.1. The van der Waals surface area contributed by atoms with Crippen LogP contribution in [0.3, 0.4) is 0 Å².